The SMILES string of the molecule is CCCOc1ccc(NC(=O)C(C)(CCC)OC)c(C)n1. The number of hydrogen-bond donors (Lipinski definition) is 1. The number of anilines is 1. The summed E-state index contributed by atoms with van der Waals surface area (Å²) >= 11 is 0. The minimum absolute atomic E-state index is 0.154. The minimum Gasteiger partial charge on any atom is -0.478 e. The zero-order chi connectivity index (χ0) is 15.9. The number of ether oxygens (including phenoxy) is 2. The highest BCUT2D eigenvalue weighted by Gasteiger charge is 2.32. The van der Waals surface area contributed by atoms with Gasteiger partial charge in [-0.15, -0.1) is 0 Å². The number of hydrogen-bond acceptors (Lipinski definition) is 4. The molecule has 1 rings (SSSR count). The second-order valence-corrected chi connectivity index (χ2v) is 5.27. The third-order valence-electron chi connectivity index (χ3n) is 3.42. The fourth-order valence-electron chi connectivity index (χ4n) is 2.00. The van der Waals surface area contributed by atoms with Gasteiger partial charge < -0.3 is 14.8 Å². The highest BCUT2D eigenvalue weighted by Crippen LogP contribution is 2.22. The van der Waals surface area contributed by atoms with E-state index in [9.17, 15) is 4.79 Å². The molecule has 0 aromatic carbocycles. The molecule has 1 unspecified atom stereocenters. The number of carbonyl (C=O) groups excluding carboxylic acids is 1. The van der Waals surface area contributed by atoms with Gasteiger partial charge in [0, 0.05) is 13.2 Å². The van der Waals surface area contributed by atoms with Crippen LogP contribution < -0.4 is 10.1 Å². The maximum atomic E-state index is 12.4. The van der Waals surface area contributed by atoms with E-state index < -0.39 is 5.60 Å². The monoisotopic (exact) mass is 294 g/mol. The van der Waals surface area contributed by atoms with Gasteiger partial charge in [-0.05, 0) is 32.8 Å². The molecule has 0 spiro atoms. The number of methoxy groups -OCH3 is 1. The lowest BCUT2D eigenvalue weighted by atomic mass is 9.99. The van der Waals surface area contributed by atoms with Crippen LogP contribution in [0.2, 0.25) is 0 Å². The molecule has 1 aromatic rings. The van der Waals surface area contributed by atoms with Crippen molar-refractivity contribution in [2.45, 2.75) is 52.6 Å². The van der Waals surface area contributed by atoms with Crippen molar-refractivity contribution >= 4 is 11.6 Å². The molecule has 0 aliphatic carbocycles. The molecule has 0 saturated heterocycles. The number of nitrogens with one attached hydrogen (secondary N) is 1. The van der Waals surface area contributed by atoms with E-state index in [1.54, 1.807) is 20.1 Å². The first-order valence-corrected chi connectivity index (χ1v) is 7.43. The molecule has 1 N–H and O–H groups in total. The van der Waals surface area contributed by atoms with E-state index in [-0.39, 0.29) is 5.91 Å². The summed E-state index contributed by atoms with van der Waals surface area (Å²) in [6, 6.07) is 3.58. The molecule has 1 atom stereocenters. The van der Waals surface area contributed by atoms with Gasteiger partial charge in [0.25, 0.3) is 5.91 Å². The van der Waals surface area contributed by atoms with Crippen molar-refractivity contribution in [3.05, 3.63) is 17.8 Å². The number of carbonyl (C=O) groups is 1. The first-order valence-electron chi connectivity index (χ1n) is 7.43. The van der Waals surface area contributed by atoms with Gasteiger partial charge in [-0.2, -0.15) is 0 Å². The third-order valence-corrected chi connectivity index (χ3v) is 3.42. The molecular formula is C16H26N2O3. The molecule has 21 heavy (non-hydrogen) atoms. The summed E-state index contributed by atoms with van der Waals surface area (Å²) in [6.07, 6.45) is 2.47. The molecule has 0 aliphatic heterocycles. The largest absolute Gasteiger partial charge is 0.478 e. The van der Waals surface area contributed by atoms with Crippen molar-refractivity contribution in [3.8, 4) is 5.88 Å². The highest BCUT2D eigenvalue weighted by atomic mass is 16.5. The van der Waals surface area contributed by atoms with Gasteiger partial charge in [-0.3, -0.25) is 4.79 Å². The molecule has 1 aromatic heterocycles. The van der Waals surface area contributed by atoms with Gasteiger partial charge in [0.1, 0.15) is 5.60 Å². The van der Waals surface area contributed by atoms with E-state index >= 15 is 0 Å². The van der Waals surface area contributed by atoms with Crippen LogP contribution in [0.5, 0.6) is 5.88 Å². The second kappa shape index (κ2) is 7.98. The number of aryl methyl sites for hydroxylation is 1. The standard InChI is InChI=1S/C16H26N2O3/c1-6-10-16(4,20-5)15(19)18-13-8-9-14(17-12(13)3)21-11-7-2/h8-9H,6-7,10-11H2,1-5H3,(H,18,19). The van der Waals surface area contributed by atoms with E-state index in [1.807, 2.05) is 26.8 Å². The van der Waals surface area contributed by atoms with Crippen molar-refractivity contribution in [3.63, 3.8) is 0 Å². The van der Waals surface area contributed by atoms with Crippen LogP contribution >= 0.6 is 0 Å². The summed E-state index contributed by atoms with van der Waals surface area (Å²) in [5.41, 5.74) is 0.591. The Morgan fingerprint density at radius 3 is 2.57 bits per heavy atom. The number of aromatic nitrogens is 1. The summed E-state index contributed by atoms with van der Waals surface area (Å²) in [5.74, 6) is 0.425. The van der Waals surface area contributed by atoms with Crippen molar-refractivity contribution in [2.75, 3.05) is 19.0 Å². The first-order chi connectivity index (χ1) is 9.96. The summed E-state index contributed by atoms with van der Waals surface area (Å²) in [4.78, 5) is 16.7. The van der Waals surface area contributed by atoms with Crippen LogP contribution in [-0.2, 0) is 9.53 Å². The predicted molar refractivity (Wildman–Crippen MR) is 83.7 cm³/mol. The molecular weight excluding hydrogens is 268 g/mol. The first kappa shape index (κ1) is 17.4. The van der Waals surface area contributed by atoms with Crippen LogP contribution in [0.15, 0.2) is 12.1 Å². The third kappa shape index (κ3) is 4.70. The zero-order valence-corrected chi connectivity index (χ0v) is 13.7. The van der Waals surface area contributed by atoms with Crippen LogP contribution in [0.4, 0.5) is 5.69 Å². The summed E-state index contributed by atoms with van der Waals surface area (Å²) in [7, 11) is 1.56. The molecule has 0 fully saturated rings. The van der Waals surface area contributed by atoms with Crippen LogP contribution in [0.1, 0.15) is 45.7 Å². The predicted octanol–water partition coefficient (Wildman–Crippen LogP) is 3.32. The van der Waals surface area contributed by atoms with E-state index in [1.165, 1.54) is 0 Å². The van der Waals surface area contributed by atoms with Crippen molar-refractivity contribution in [2.24, 2.45) is 0 Å². The fourth-order valence-corrected chi connectivity index (χ4v) is 2.00. The Hall–Kier alpha value is -1.62. The van der Waals surface area contributed by atoms with E-state index in [0.717, 1.165) is 18.5 Å². The van der Waals surface area contributed by atoms with Gasteiger partial charge in [-0.25, -0.2) is 4.98 Å². The lowest BCUT2D eigenvalue weighted by molar-refractivity contribution is -0.136. The topological polar surface area (TPSA) is 60.5 Å². The Balaban J connectivity index is 2.80. The molecule has 0 saturated carbocycles. The molecule has 5 heteroatoms. The molecule has 1 heterocycles. The van der Waals surface area contributed by atoms with E-state index in [2.05, 4.69) is 10.3 Å². The maximum absolute atomic E-state index is 12.4. The molecule has 1 amide bonds. The average molecular weight is 294 g/mol. The lowest BCUT2D eigenvalue weighted by Crippen LogP contribution is -2.42. The molecule has 118 valence electrons. The van der Waals surface area contributed by atoms with Gasteiger partial charge in [0.15, 0.2) is 0 Å². The van der Waals surface area contributed by atoms with Gasteiger partial charge in [0.2, 0.25) is 5.88 Å². The number of nitrogens with zero attached hydrogens (tertiary/aromatic N) is 1. The fraction of sp³-hybridized carbons (Fsp3) is 0.625. The summed E-state index contributed by atoms with van der Waals surface area (Å²) in [5, 5.41) is 2.89. The number of pyridine rings is 1. The molecule has 0 aliphatic rings. The van der Waals surface area contributed by atoms with Crippen LogP contribution in [0.25, 0.3) is 0 Å². The highest BCUT2D eigenvalue weighted by molar-refractivity contribution is 5.97. The Bertz CT molecular complexity index is 477. The van der Waals surface area contributed by atoms with Gasteiger partial charge >= 0.3 is 0 Å². The van der Waals surface area contributed by atoms with Crippen LogP contribution in [0, 0.1) is 6.92 Å². The van der Waals surface area contributed by atoms with Crippen LogP contribution in [-0.4, -0.2) is 30.2 Å². The van der Waals surface area contributed by atoms with Crippen molar-refractivity contribution in [1.82, 2.24) is 4.98 Å². The molecule has 5 nitrogen and oxygen atoms in total. The Morgan fingerprint density at radius 2 is 2.05 bits per heavy atom. The summed E-state index contributed by atoms with van der Waals surface area (Å²) in [6.45, 7) is 8.35. The zero-order valence-electron chi connectivity index (χ0n) is 13.7. The average Bonchev–Trinajstić information content (AvgIpc) is 2.47. The van der Waals surface area contributed by atoms with Crippen molar-refractivity contribution in [1.29, 1.82) is 0 Å². The van der Waals surface area contributed by atoms with Crippen molar-refractivity contribution < 1.29 is 14.3 Å². The Labute approximate surface area is 127 Å². The second-order valence-electron chi connectivity index (χ2n) is 5.27. The maximum Gasteiger partial charge on any atom is 0.256 e. The Kier molecular flexibility index (Phi) is 6.62. The summed E-state index contributed by atoms with van der Waals surface area (Å²) < 4.78 is 10.8. The number of rotatable bonds is 8. The van der Waals surface area contributed by atoms with Gasteiger partial charge in [0.05, 0.1) is 18.0 Å². The van der Waals surface area contributed by atoms with E-state index in [0.29, 0.717) is 24.6 Å². The molecule has 0 bridgehead atoms. The smallest absolute Gasteiger partial charge is 0.256 e. The number of amides is 1. The minimum atomic E-state index is -0.821. The van der Waals surface area contributed by atoms with Gasteiger partial charge in [-0.1, -0.05) is 20.3 Å². The molecule has 0 radical (unpaired) electrons. The lowest BCUT2D eigenvalue weighted by Gasteiger charge is -2.26. The Morgan fingerprint density at radius 1 is 1.33 bits per heavy atom. The normalized spacial score (nSPS) is 13.6. The quantitative estimate of drug-likeness (QED) is 0.799. The van der Waals surface area contributed by atoms with E-state index in [4.69, 9.17) is 9.47 Å². The van der Waals surface area contributed by atoms with Crippen LogP contribution in [0.3, 0.4) is 0 Å².